The topological polar surface area (TPSA) is 41.1 Å². The first-order chi connectivity index (χ1) is 9.84. The molecule has 3 nitrogen and oxygen atoms in total. The Labute approximate surface area is 124 Å². The van der Waals surface area contributed by atoms with E-state index < -0.39 is 0 Å². The molecule has 20 heavy (non-hydrogen) atoms. The maximum absolute atomic E-state index is 11.8. The van der Waals surface area contributed by atoms with E-state index in [2.05, 4.69) is 10.6 Å². The molecule has 0 unspecified atom stereocenters. The summed E-state index contributed by atoms with van der Waals surface area (Å²) in [6.45, 7) is 3.15. The molecule has 0 spiro atoms. The number of hydrogen-bond acceptors (Lipinski definition) is 2. The van der Waals surface area contributed by atoms with E-state index in [-0.39, 0.29) is 5.91 Å². The predicted octanol–water partition coefficient (Wildman–Crippen LogP) is 3.24. The number of carbonyl (C=O) groups is 1. The summed E-state index contributed by atoms with van der Waals surface area (Å²) in [7, 11) is 0. The molecule has 0 aromatic carbocycles. The van der Waals surface area contributed by atoms with Crippen LogP contribution in [0.5, 0.6) is 0 Å². The van der Waals surface area contributed by atoms with Crippen LogP contribution in [-0.2, 0) is 4.79 Å². The average Bonchev–Trinajstić information content (AvgIpc) is 2.99. The molecule has 2 fully saturated rings. The van der Waals surface area contributed by atoms with Crippen molar-refractivity contribution in [1.29, 1.82) is 0 Å². The largest absolute Gasteiger partial charge is 0.356 e. The molecular formula is C17H32N2O. The van der Waals surface area contributed by atoms with Crippen LogP contribution in [0, 0.1) is 11.8 Å². The van der Waals surface area contributed by atoms with Crippen molar-refractivity contribution >= 4 is 5.91 Å². The van der Waals surface area contributed by atoms with Gasteiger partial charge in [-0.1, -0.05) is 38.5 Å². The van der Waals surface area contributed by atoms with E-state index in [4.69, 9.17) is 0 Å². The summed E-state index contributed by atoms with van der Waals surface area (Å²) >= 11 is 0. The van der Waals surface area contributed by atoms with Crippen LogP contribution in [0.2, 0.25) is 0 Å². The molecule has 2 N–H and O–H groups in total. The van der Waals surface area contributed by atoms with E-state index >= 15 is 0 Å². The second-order valence-corrected chi connectivity index (χ2v) is 6.73. The number of rotatable bonds is 8. The van der Waals surface area contributed by atoms with Crippen molar-refractivity contribution in [3.8, 4) is 0 Å². The smallest absolute Gasteiger partial charge is 0.220 e. The molecule has 1 aliphatic carbocycles. The molecule has 2 aliphatic rings. The molecule has 0 atom stereocenters. The summed E-state index contributed by atoms with van der Waals surface area (Å²) in [5.74, 6) is 2.03. The van der Waals surface area contributed by atoms with Gasteiger partial charge in [0, 0.05) is 13.0 Å². The van der Waals surface area contributed by atoms with Crippen LogP contribution >= 0.6 is 0 Å². The number of amides is 1. The van der Waals surface area contributed by atoms with Gasteiger partial charge in [-0.25, -0.2) is 0 Å². The zero-order chi connectivity index (χ0) is 14.0. The van der Waals surface area contributed by atoms with Crippen LogP contribution in [0.4, 0.5) is 0 Å². The molecule has 1 amide bonds. The second kappa shape index (κ2) is 9.38. The van der Waals surface area contributed by atoms with E-state index in [9.17, 15) is 4.79 Å². The van der Waals surface area contributed by atoms with E-state index in [0.717, 1.165) is 50.7 Å². The highest BCUT2D eigenvalue weighted by atomic mass is 16.1. The SMILES string of the molecule is O=C(CCC1CCNCC1)NCCCCC1CCCC1. The first-order valence-corrected chi connectivity index (χ1v) is 8.82. The van der Waals surface area contributed by atoms with E-state index in [1.165, 1.54) is 51.4 Å². The Hall–Kier alpha value is -0.570. The van der Waals surface area contributed by atoms with Crippen LogP contribution in [0.3, 0.4) is 0 Å². The van der Waals surface area contributed by atoms with Gasteiger partial charge in [-0.05, 0) is 50.6 Å². The first kappa shape index (κ1) is 15.8. The molecule has 0 aromatic heterocycles. The molecule has 116 valence electrons. The first-order valence-electron chi connectivity index (χ1n) is 8.82. The third kappa shape index (κ3) is 6.25. The molecule has 2 rings (SSSR count). The van der Waals surface area contributed by atoms with Crippen LogP contribution < -0.4 is 10.6 Å². The third-order valence-electron chi connectivity index (χ3n) is 5.07. The molecule has 3 heteroatoms. The molecule has 0 bridgehead atoms. The van der Waals surface area contributed by atoms with E-state index in [0.29, 0.717) is 0 Å². The summed E-state index contributed by atoms with van der Waals surface area (Å²) < 4.78 is 0. The number of nitrogens with one attached hydrogen (secondary N) is 2. The second-order valence-electron chi connectivity index (χ2n) is 6.73. The quantitative estimate of drug-likeness (QED) is 0.670. The summed E-state index contributed by atoms with van der Waals surface area (Å²) in [5.41, 5.74) is 0. The zero-order valence-electron chi connectivity index (χ0n) is 13.0. The lowest BCUT2D eigenvalue weighted by molar-refractivity contribution is -0.121. The van der Waals surface area contributed by atoms with Crippen LogP contribution in [-0.4, -0.2) is 25.5 Å². The normalized spacial score (nSPS) is 21.2. The van der Waals surface area contributed by atoms with Crippen molar-refractivity contribution in [2.75, 3.05) is 19.6 Å². The van der Waals surface area contributed by atoms with Crippen molar-refractivity contribution in [3.05, 3.63) is 0 Å². The number of carbonyl (C=O) groups excluding carboxylic acids is 1. The fraction of sp³-hybridized carbons (Fsp3) is 0.941. The lowest BCUT2D eigenvalue weighted by Crippen LogP contribution is -2.29. The highest BCUT2D eigenvalue weighted by Gasteiger charge is 2.15. The molecule has 1 saturated heterocycles. The predicted molar refractivity (Wildman–Crippen MR) is 83.6 cm³/mol. The van der Waals surface area contributed by atoms with Gasteiger partial charge in [0.15, 0.2) is 0 Å². The van der Waals surface area contributed by atoms with Gasteiger partial charge >= 0.3 is 0 Å². The Balaban J connectivity index is 1.41. The van der Waals surface area contributed by atoms with Crippen molar-refractivity contribution in [2.24, 2.45) is 11.8 Å². The molecule has 1 heterocycles. The van der Waals surface area contributed by atoms with Crippen LogP contribution in [0.25, 0.3) is 0 Å². The van der Waals surface area contributed by atoms with Gasteiger partial charge in [0.2, 0.25) is 5.91 Å². The highest BCUT2D eigenvalue weighted by molar-refractivity contribution is 5.75. The van der Waals surface area contributed by atoms with E-state index in [1.54, 1.807) is 0 Å². The Morgan fingerprint density at radius 2 is 1.65 bits per heavy atom. The Bertz CT molecular complexity index is 268. The summed E-state index contributed by atoms with van der Waals surface area (Å²) in [6.07, 6.45) is 13.9. The molecule has 0 aromatic rings. The fourth-order valence-corrected chi connectivity index (χ4v) is 3.68. The Morgan fingerprint density at radius 3 is 2.40 bits per heavy atom. The Morgan fingerprint density at radius 1 is 0.950 bits per heavy atom. The number of unbranched alkanes of at least 4 members (excludes halogenated alkanes) is 1. The third-order valence-corrected chi connectivity index (χ3v) is 5.07. The number of hydrogen-bond donors (Lipinski definition) is 2. The standard InChI is InChI=1S/C17H32N2O/c20-17(9-8-16-10-13-18-14-11-16)19-12-4-3-7-15-5-1-2-6-15/h15-16,18H,1-14H2,(H,19,20). The van der Waals surface area contributed by atoms with Gasteiger partial charge < -0.3 is 10.6 Å². The van der Waals surface area contributed by atoms with Gasteiger partial charge in [-0.3, -0.25) is 4.79 Å². The Kier molecular flexibility index (Phi) is 7.42. The van der Waals surface area contributed by atoms with Gasteiger partial charge in [-0.15, -0.1) is 0 Å². The highest BCUT2D eigenvalue weighted by Crippen LogP contribution is 2.28. The fourth-order valence-electron chi connectivity index (χ4n) is 3.68. The minimum atomic E-state index is 0.268. The van der Waals surface area contributed by atoms with Gasteiger partial charge in [0.1, 0.15) is 0 Å². The van der Waals surface area contributed by atoms with E-state index in [1.807, 2.05) is 0 Å². The van der Waals surface area contributed by atoms with Gasteiger partial charge in [0.25, 0.3) is 0 Å². The van der Waals surface area contributed by atoms with Crippen LogP contribution in [0.1, 0.15) is 70.6 Å². The van der Waals surface area contributed by atoms with Crippen molar-refractivity contribution in [2.45, 2.75) is 70.6 Å². The molecular weight excluding hydrogens is 248 g/mol. The maximum atomic E-state index is 11.8. The van der Waals surface area contributed by atoms with Crippen molar-refractivity contribution in [1.82, 2.24) is 10.6 Å². The monoisotopic (exact) mass is 280 g/mol. The maximum Gasteiger partial charge on any atom is 0.220 e. The molecule has 1 saturated carbocycles. The molecule has 0 radical (unpaired) electrons. The van der Waals surface area contributed by atoms with Crippen molar-refractivity contribution in [3.63, 3.8) is 0 Å². The summed E-state index contributed by atoms with van der Waals surface area (Å²) in [4.78, 5) is 11.8. The van der Waals surface area contributed by atoms with Gasteiger partial charge in [-0.2, -0.15) is 0 Å². The minimum Gasteiger partial charge on any atom is -0.356 e. The van der Waals surface area contributed by atoms with Crippen LogP contribution in [0.15, 0.2) is 0 Å². The lowest BCUT2D eigenvalue weighted by atomic mass is 9.93. The van der Waals surface area contributed by atoms with Crippen molar-refractivity contribution < 1.29 is 4.79 Å². The minimum absolute atomic E-state index is 0.268. The summed E-state index contributed by atoms with van der Waals surface area (Å²) in [6, 6.07) is 0. The van der Waals surface area contributed by atoms with Gasteiger partial charge in [0.05, 0.1) is 0 Å². The zero-order valence-corrected chi connectivity index (χ0v) is 13.0. The average molecular weight is 280 g/mol. The number of piperidine rings is 1. The molecule has 1 aliphatic heterocycles. The lowest BCUT2D eigenvalue weighted by Gasteiger charge is -2.22. The summed E-state index contributed by atoms with van der Waals surface area (Å²) in [5, 5.41) is 6.47.